The van der Waals surface area contributed by atoms with Crippen molar-refractivity contribution in [3.63, 3.8) is 0 Å². The largest absolute Gasteiger partial charge is 0.393 e. The molecule has 0 bridgehead atoms. The fraction of sp³-hybridized carbons (Fsp3) is 0.600. The average molecular weight is 234 g/mol. The van der Waals surface area contributed by atoms with Gasteiger partial charge in [-0.1, -0.05) is 11.6 Å². The van der Waals surface area contributed by atoms with Crippen molar-refractivity contribution in [2.75, 3.05) is 6.54 Å². The molecule has 0 fully saturated rings. The minimum Gasteiger partial charge on any atom is -0.393 e. The number of aliphatic hydroxyl groups is 1. The summed E-state index contributed by atoms with van der Waals surface area (Å²) < 4.78 is 0.823. The molecule has 4 heteroatoms. The molecular weight excluding hydrogens is 218 g/mol. The summed E-state index contributed by atoms with van der Waals surface area (Å²) in [5.74, 6) is 0. The topological polar surface area (TPSA) is 32.3 Å². The highest BCUT2D eigenvalue weighted by Crippen LogP contribution is 2.24. The molecule has 2 unspecified atom stereocenters. The predicted molar refractivity (Wildman–Crippen MR) is 62.0 cm³/mol. The van der Waals surface area contributed by atoms with Crippen LogP contribution in [0.15, 0.2) is 11.4 Å². The molecule has 0 saturated heterocycles. The lowest BCUT2D eigenvalue weighted by molar-refractivity contribution is 0.182. The van der Waals surface area contributed by atoms with Crippen LogP contribution in [0.1, 0.15) is 31.9 Å². The second-order valence-corrected chi connectivity index (χ2v) is 5.04. The molecule has 1 aromatic heterocycles. The lowest BCUT2D eigenvalue weighted by atomic mass is 10.2. The van der Waals surface area contributed by atoms with E-state index in [9.17, 15) is 0 Å². The number of rotatable bonds is 5. The Labute approximate surface area is 93.9 Å². The summed E-state index contributed by atoms with van der Waals surface area (Å²) in [7, 11) is 0. The molecule has 1 rings (SSSR count). The molecule has 0 spiro atoms. The third-order valence-corrected chi connectivity index (χ3v) is 3.21. The minimum absolute atomic E-state index is 0.235. The van der Waals surface area contributed by atoms with Gasteiger partial charge >= 0.3 is 0 Å². The molecule has 0 radical (unpaired) electrons. The molecule has 2 N–H and O–H groups in total. The summed E-state index contributed by atoms with van der Waals surface area (Å²) >= 11 is 7.39. The van der Waals surface area contributed by atoms with Gasteiger partial charge in [0.05, 0.1) is 10.4 Å². The molecule has 80 valence electrons. The number of nitrogens with one attached hydrogen (secondary N) is 1. The van der Waals surface area contributed by atoms with Crippen LogP contribution in [-0.4, -0.2) is 17.8 Å². The number of hydrogen-bond acceptors (Lipinski definition) is 3. The Morgan fingerprint density at radius 2 is 2.29 bits per heavy atom. The van der Waals surface area contributed by atoms with Gasteiger partial charge in [-0.05, 0) is 43.8 Å². The van der Waals surface area contributed by atoms with Crippen LogP contribution in [0, 0.1) is 0 Å². The first-order chi connectivity index (χ1) is 6.59. The fourth-order valence-corrected chi connectivity index (χ4v) is 2.16. The Hall–Kier alpha value is -0.0900. The summed E-state index contributed by atoms with van der Waals surface area (Å²) in [4.78, 5) is 0. The second-order valence-electron chi connectivity index (χ2n) is 3.50. The average Bonchev–Trinajstić information content (AvgIpc) is 2.51. The standard InChI is InChI=1S/C10H16ClNOS/c1-7(13)3-4-12-8(2)9-5-10(11)14-6-9/h5-8,12-13H,3-4H2,1-2H3. The third-order valence-electron chi connectivity index (χ3n) is 2.10. The van der Waals surface area contributed by atoms with Gasteiger partial charge in [0.15, 0.2) is 0 Å². The quantitative estimate of drug-likeness (QED) is 0.820. The normalized spacial score (nSPS) is 15.4. The Morgan fingerprint density at radius 1 is 1.57 bits per heavy atom. The Bertz CT molecular complexity index is 275. The van der Waals surface area contributed by atoms with Crippen molar-refractivity contribution in [2.24, 2.45) is 0 Å². The van der Waals surface area contributed by atoms with Crippen molar-refractivity contribution in [1.29, 1.82) is 0 Å². The molecule has 0 aliphatic carbocycles. The summed E-state index contributed by atoms with van der Waals surface area (Å²) in [5.41, 5.74) is 1.21. The van der Waals surface area contributed by atoms with Crippen LogP contribution in [0.2, 0.25) is 4.34 Å². The van der Waals surface area contributed by atoms with Gasteiger partial charge < -0.3 is 10.4 Å². The second kappa shape index (κ2) is 5.71. The summed E-state index contributed by atoms with van der Waals surface area (Å²) in [6, 6.07) is 2.28. The maximum atomic E-state index is 9.08. The van der Waals surface area contributed by atoms with E-state index in [2.05, 4.69) is 17.6 Å². The molecule has 0 aliphatic heterocycles. The minimum atomic E-state index is -0.235. The van der Waals surface area contributed by atoms with Crippen LogP contribution >= 0.6 is 22.9 Å². The van der Waals surface area contributed by atoms with E-state index in [4.69, 9.17) is 16.7 Å². The van der Waals surface area contributed by atoms with E-state index in [0.29, 0.717) is 6.04 Å². The first-order valence-electron chi connectivity index (χ1n) is 4.75. The highest BCUT2D eigenvalue weighted by atomic mass is 35.5. The van der Waals surface area contributed by atoms with Crippen molar-refractivity contribution < 1.29 is 5.11 Å². The molecule has 1 aromatic rings. The monoisotopic (exact) mass is 233 g/mol. The van der Waals surface area contributed by atoms with Crippen molar-refractivity contribution >= 4 is 22.9 Å². The van der Waals surface area contributed by atoms with Crippen LogP contribution < -0.4 is 5.32 Å². The van der Waals surface area contributed by atoms with Crippen LogP contribution in [0.25, 0.3) is 0 Å². The van der Waals surface area contributed by atoms with Crippen LogP contribution in [0.3, 0.4) is 0 Å². The SMILES string of the molecule is CC(O)CCNC(C)c1csc(Cl)c1. The van der Waals surface area contributed by atoms with Crippen LogP contribution in [0.5, 0.6) is 0 Å². The molecule has 0 aliphatic rings. The smallest absolute Gasteiger partial charge is 0.0931 e. The van der Waals surface area contributed by atoms with Gasteiger partial charge in [-0.25, -0.2) is 0 Å². The molecular formula is C10H16ClNOS. The molecule has 2 nitrogen and oxygen atoms in total. The summed E-state index contributed by atoms with van der Waals surface area (Å²) in [5, 5.41) is 14.5. The van der Waals surface area contributed by atoms with E-state index in [1.54, 1.807) is 18.3 Å². The highest BCUT2D eigenvalue weighted by Gasteiger charge is 2.06. The number of thiophene rings is 1. The van der Waals surface area contributed by atoms with Gasteiger partial charge in [-0.15, -0.1) is 11.3 Å². The lowest BCUT2D eigenvalue weighted by Crippen LogP contribution is -2.22. The maximum Gasteiger partial charge on any atom is 0.0931 e. The van der Waals surface area contributed by atoms with Gasteiger partial charge in [0.2, 0.25) is 0 Å². The molecule has 0 amide bonds. The van der Waals surface area contributed by atoms with E-state index in [0.717, 1.165) is 17.3 Å². The van der Waals surface area contributed by atoms with Crippen molar-refractivity contribution in [2.45, 2.75) is 32.4 Å². The predicted octanol–water partition coefficient (Wildman–Crippen LogP) is 2.82. The van der Waals surface area contributed by atoms with Crippen LogP contribution in [-0.2, 0) is 0 Å². The van der Waals surface area contributed by atoms with Crippen molar-refractivity contribution in [3.8, 4) is 0 Å². The third kappa shape index (κ3) is 3.96. The maximum absolute atomic E-state index is 9.08. The molecule has 0 saturated carbocycles. The molecule has 2 atom stereocenters. The van der Waals surface area contributed by atoms with Crippen molar-refractivity contribution in [3.05, 3.63) is 21.3 Å². The van der Waals surface area contributed by atoms with Crippen molar-refractivity contribution in [1.82, 2.24) is 5.32 Å². The lowest BCUT2D eigenvalue weighted by Gasteiger charge is -2.12. The van der Waals surface area contributed by atoms with Gasteiger partial charge in [0.1, 0.15) is 0 Å². The fourth-order valence-electron chi connectivity index (χ4n) is 1.18. The van der Waals surface area contributed by atoms with Gasteiger partial charge in [-0.2, -0.15) is 0 Å². The van der Waals surface area contributed by atoms with Gasteiger partial charge in [-0.3, -0.25) is 0 Å². The zero-order valence-corrected chi connectivity index (χ0v) is 10.0. The Kier molecular flexibility index (Phi) is 4.89. The summed E-state index contributed by atoms with van der Waals surface area (Å²) in [6.07, 6.45) is 0.545. The van der Waals surface area contributed by atoms with E-state index in [1.807, 2.05) is 6.07 Å². The van der Waals surface area contributed by atoms with E-state index in [-0.39, 0.29) is 6.10 Å². The Morgan fingerprint density at radius 3 is 2.79 bits per heavy atom. The zero-order valence-electron chi connectivity index (χ0n) is 8.46. The number of aliphatic hydroxyl groups excluding tert-OH is 1. The zero-order chi connectivity index (χ0) is 10.6. The van der Waals surface area contributed by atoms with E-state index in [1.165, 1.54) is 5.56 Å². The van der Waals surface area contributed by atoms with E-state index >= 15 is 0 Å². The first-order valence-corrected chi connectivity index (χ1v) is 6.00. The molecule has 1 heterocycles. The van der Waals surface area contributed by atoms with Gasteiger partial charge in [0.25, 0.3) is 0 Å². The van der Waals surface area contributed by atoms with E-state index < -0.39 is 0 Å². The molecule has 0 aromatic carbocycles. The van der Waals surface area contributed by atoms with Crippen LogP contribution in [0.4, 0.5) is 0 Å². The number of hydrogen-bond donors (Lipinski definition) is 2. The molecule has 14 heavy (non-hydrogen) atoms. The number of halogens is 1. The van der Waals surface area contributed by atoms with Gasteiger partial charge in [0, 0.05) is 6.04 Å². The Balaban J connectivity index is 2.32. The highest BCUT2D eigenvalue weighted by molar-refractivity contribution is 7.14. The summed E-state index contributed by atoms with van der Waals surface area (Å²) in [6.45, 7) is 4.72. The first kappa shape index (κ1) is 12.0.